The van der Waals surface area contributed by atoms with Crippen LogP contribution in [0, 0.1) is 0 Å². The Labute approximate surface area is 78.6 Å². The van der Waals surface area contributed by atoms with Gasteiger partial charge in [0, 0.05) is 6.54 Å². The van der Waals surface area contributed by atoms with Gasteiger partial charge in [-0.15, -0.1) is 0 Å². The summed E-state index contributed by atoms with van der Waals surface area (Å²) in [7, 11) is -3.18. The van der Waals surface area contributed by atoms with E-state index in [0.717, 1.165) is 12.8 Å². The van der Waals surface area contributed by atoms with E-state index in [1.54, 1.807) is 0 Å². The molecule has 5 heteroatoms. The van der Waals surface area contributed by atoms with E-state index in [0.29, 0.717) is 13.0 Å². The van der Waals surface area contributed by atoms with Crippen LogP contribution in [0.15, 0.2) is 10.8 Å². The maximum atomic E-state index is 11.4. The Kier molecular flexibility index (Phi) is 3.19. The lowest BCUT2D eigenvalue weighted by Crippen LogP contribution is -2.31. The van der Waals surface area contributed by atoms with Crippen LogP contribution in [0.2, 0.25) is 0 Å². The van der Waals surface area contributed by atoms with Gasteiger partial charge in [0.05, 0.1) is 5.75 Å². The second kappa shape index (κ2) is 4.00. The molecule has 0 aromatic rings. The standard InChI is InChI=1S/C8H15NO3S/c1-2-3-4-7-8(10)9-5-6-13(7,11)12/h9-10H,2-6H2,1H3. The van der Waals surface area contributed by atoms with E-state index in [2.05, 4.69) is 5.32 Å². The molecule has 0 aromatic carbocycles. The summed E-state index contributed by atoms with van der Waals surface area (Å²) in [6.45, 7) is 2.30. The van der Waals surface area contributed by atoms with Crippen molar-refractivity contribution in [2.24, 2.45) is 0 Å². The van der Waals surface area contributed by atoms with Crippen molar-refractivity contribution in [3.8, 4) is 0 Å². The Bertz CT molecular complexity index is 305. The van der Waals surface area contributed by atoms with Crippen molar-refractivity contribution in [3.05, 3.63) is 10.8 Å². The number of aliphatic hydroxyl groups excluding tert-OH is 1. The second-order valence-electron chi connectivity index (χ2n) is 3.12. The predicted octanol–water partition coefficient (Wildman–Crippen LogP) is 0.922. The lowest BCUT2D eigenvalue weighted by molar-refractivity contribution is 0.357. The highest BCUT2D eigenvalue weighted by atomic mass is 32.2. The van der Waals surface area contributed by atoms with Crippen molar-refractivity contribution < 1.29 is 13.5 Å². The molecular formula is C8H15NO3S. The molecule has 4 nitrogen and oxygen atoms in total. The summed E-state index contributed by atoms with van der Waals surface area (Å²) in [5.41, 5.74) is 0. The van der Waals surface area contributed by atoms with Gasteiger partial charge in [-0.05, 0) is 12.8 Å². The summed E-state index contributed by atoms with van der Waals surface area (Å²) in [5.74, 6) is -0.0597. The van der Waals surface area contributed by atoms with Crippen molar-refractivity contribution in [1.82, 2.24) is 5.32 Å². The average molecular weight is 205 g/mol. The first-order valence-corrected chi connectivity index (χ1v) is 6.12. The molecule has 1 rings (SSSR count). The number of unbranched alkanes of at least 4 members (excludes halogenated alkanes) is 1. The van der Waals surface area contributed by atoms with Gasteiger partial charge in [-0.3, -0.25) is 0 Å². The number of allylic oxidation sites excluding steroid dienone is 1. The van der Waals surface area contributed by atoms with E-state index < -0.39 is 9.84 Å². The molecule has 76 valence electrons. The molecule has 1 aliphatic rings. The van der Waals surface area contributed by atoms with E-state index >= 15 is 0 Å². The third-order valence-electron chi connectivity index (χ3n) is 2.06. The van der Waals surface area contributed by atoms with E-state index in [9.17, 15) is 13.5 Å². The molecule has 0 atom stereocenters. The smallest absolute Gasteiger partial charge is 0.199 e. The van der Waals surface area contributed by atoms with E-state index in [-0.39, 0.29) is 16.5 Å². The lowest BCUT2D eigenvalue weighted by atomic mass is 10.2. The molecule has 0 amide bonds. The van der Waals surface area contributed by atoms with Crippen LogP contribution >= 0.6 is 0 Å². The van der Waals surface area contributed by atoms with Gasteiger partial charge in [-0.25, -0.2) is 8.42 Å². The van der Waals surface area contributed by atoms with Crippen molar-refractivity contribution in [2.75, 3.05) is 12.3 Å². The molecule has 0 aliphatic carbocycles. The first-order valence-electron chi connectivity index (χ1n) is 4.46. The minimum Gasteiger partial charge on any atom is -0.494 e. The average Bonchev–Trinajstić information content (AvgIpc) is 2.02. The van der Waals surface area contributed by atoms with E-state index in [4.69, 9.17) is 0 Å². The first-order chi connectivity index (χ1) is 6.08. The zero-order valence-electron chi connectivity index (χ0n) is 7.71. The molecule has 1 heterocycles. The SMILES string of the molecule is CCCCC1=C(O)NCCS1(=O)=O. The molecule has 1 aliphatic heterocycles. The van der Waals surface area contributed by atoms with Crippen LogP contribution in [-0.2, 0) is 9.84 Å². The van der Waals surface area contributed by atoms with Crippen LogP contribution < -0.4 is 5.32 Å². The maximum absolute atomic E-state index is 11.4. The van der Waals surface area contributed by atoms with Crippen molar-refractivity contribution in [1.29, 1.82) is 0 Å². The molecular weight excluding hydrogens is 190 g/mol. The zero-order valence-corrected chi connectivity index (χ0v) is 8.52. The number of hydrogen-bond acceptors (Lipinski definition) is 4. The summed E-state index contributed by atoms with van der Waals surface area (Å²) in [5, 5.41) is 12.0. The van der Waals surface area contributed by atoms with Crippen LogP contribution in [0.25, 0.3) is 0 Å². The number of sulfone groups is 1. The quantitative estimate of drug-likeness (QED) is 0.719. The summed E-state index contributed by atoms with van der Waals surface area (Å²) >= 11 is 0. The fraction of sp³-hybridized carbons (Fsp3) is 0.750. The molecule has 2 N–H and O–H groups in total. The highest BCUT2D eigenvalue weighted by molar-refractivity contribution is 7.95. The maximum Gasteiger partial charge on any atom is 0.199 e. The van der Waals surface area contributed by atoms with Crippen molar-refractivity contribution in [2.45, 2.75) is 26.2 Å². The molecule has 0 saturated carbocycles. The minimum atomic E-state index is -3.18. The van der Waals surface area contributed by atoms with Gasteiger partial charge in [-0.2, -0.15) is 0 Å². The van der Waals surface area contributed by atoms with Gasteiger partial charge >= 0.3 is 0 Å². The Morgan fingerprint density at radius 1 is 1.54 bits per heavy atom. The van der Waals surface area contributed by atoms with Gasteiger partial charge in [0.15, 0.2) is 15.7 Å². The van der Waals surface area contributed by atoms with Gasteiger partial charge in [0.2, 0.25) is 0 Å². The number of aliphatic hydroxyl groups is 1. The fourth-order valence-corrected chi connectivity index (χ4v) is 2.72. The molecule has 13 heavy (non-hydrogen) atoms. The van der Waals surface area contributed by atoms with Crippen molar-refractivity contribution >= 4 is 9.84 Å². The number of hydrogen-bond donors (Lipinski definition) is 2. The molecule has 0 bridgehead atoms. The fourth-order valence-electron chi connectivity index (χ4n) is 1.28. The van der Waals surface area contributed by atoms with Gasteiger partial charge < -0.3 is 10.4 Å². The Balaban J connectivity index is 2.86. The third-order valence-corrected chi connectivity index (χ3v) is 3.95. The van der Waals surface area contributed by atoms with Crippen LogP contribution in [0.5, 0.6) is 0 Å². The molecule has 0 fully saturated rings. The molecule has 0 saturated heterocycles. The van der Waals surface area contributed by atoms with Crippen LogP contribution in [-0.4, -0.2) is 25.8 Å². The van der Waals surface area contributed by atoms with E-state index in [1.807, 2.05) is 6.92 Å². The summed E-state index contributed by atoms with van der Waals surface area (Å²) in [6.07, 6.45) is 2.16. The highest BCUT2D eigenvalue weighted by Gasteiger charge is 2.25. The second-order valence-corrected chi connectivity index (χ2v) is 5.25. The third kappa shape index (κ3) is 2.37. The molecule has 0 radical (unpaired) electrons. The van der Waals surface area contributed by atoms with Gasteiger partial charge in [0.1, 0.15) is 4.91 Å². The predicted molar refractivity (Wildman–Crippen MR) is 51.0 cm³/mol. The Morgan fingerprint density at radius 3 is 2.77 bits per heavy atom. The monoisotopic (exact) mass is 205 g/mol. The van der Waals surface area contributed by atoms with Gasteiger partial charge in [-0.1, -0.05) is 13.3 Å². The Morgan fingerprint density at radius 2 is 2.23 bits per heavy atom. The van der Waals surface area contributed by atoms with Crippen LogP contribution in [0.1, 0.15) is 26.2 Å². The van der Waals surface area contributed by atoms with E-state index in [1.165, 1.54) is 0 Å². The topological polar surface area (TPSA) is 66.4 Å². The van der Waals surface area contributed by atoms with Crippen LogP contribution in [0.4, 0.5) is 0 Å². The van der Waals surface area contributed by atoms with Gasteiger partial charge in [0.25, 0.3) is 0 Å². The Hall–Kier alpha value is -0.710. The van der Waals surface area contributed by atoms with Crippen LogP contribution in [0.3, 0.4) is 0 Å². The minimum absolute atomic E-state index is 0.0934. The zero-order chi connectivity index (χ0) is 9.90. The highest BCUT2D eigenvalue weighted by Crippen LogP contribution is 2.20. The molecule has 0 aromatic heterocycles. The number of rotatable bonds is 3. The number of nitrogens with one attached hydrogen (secondary N) is 1. The summed E-state index contributed by atoms with van der Waals surface area (Å²) < 4.78 is 22.9. The molecule has 0 spiro atoms. The van der Waals surface area contributed by atoms with Crippen molar-refractivity contribution in [3.63, 3.8) is 0 Å². The lowest BCUT2D eigenvalue weighted by Gasteiger charge is -2.17. The molecule has 0 unspecified atom stereocenters. The summed E-state index contributed by atoms with van der Waals surface area (Å²) in [6, 6.07) is 0. The largest absolute Gasteiger partial charge is 0.494 e. The summed E-state index contributed by atoms with van der Waals surface area (Å²) in [4.78, 5) is 0.181. The normalized spacial score (nSPS) is 21.3. The first kappa shape index (κ1) is 10.4.